The molecule has 5 nitrogen and oxygen atoms in total. The Balaban J connectivity index is 2.16. The smallest absolute Gasteiger partial charge is 0.338 e. The first-order valence-corrected chi connectivity index (χ1v) is 8.09. The van der Waals surface area contributed by atoms with Gasteiger partial charge in [-0.2, -0.15) is 0 Å². The van der Waals surface area contributed by atoms with Crippen LogP contribution in [0.2, 0.25) is 0 Å². The number of nitrogens with zero attached hydrogens (tertiary/aromatic N) is 1. The van der Waals surface area contributed by atoms with E-state index in [1.165, 1.54) is 13.2 Å². The molecule has 26 heavy (non-hydrogen) atoms. The number of nitro groups is 1. The molecule has 0 unspecified atom stereocenters. The topological polar surface area (TPSA) is 69.4 Å². The van der Waals surface area contributed by atoms with Crippen molar-refractivity contribution < 1.29 is 14.5 Å². The molecule has 0 aliphatic rings. The van der Waals surface area contributed by atoms with Gasteiger partial charge in [0.1, 0.15) is 0 Å². The minimum Gasteiger partial charge on any atom is -0.465 e. The van der Waals surface area contributed by atoms with E-state index in [-0.39, 0.29) is 17.0 Å². The lowest BCUT2D eigenvalue weighted by Gasteiger charge is -2.13. The Morgan fingerprint density at radius 3 is 2.35 bits per heavy atom. The summed E-state index contributed by atoms with van der Waals surface area (Å²) in [5.41, 5.74) is 3.37. The largest absolute Gasteiger partial charge is 0.465 e. The van der Waals surface area contributed by atoms with Crippen molar-refractivity contribution in [2.24, 2.45) is 0 Å². The fourth-order valence-electron chi connectivity index (χ4n) is 2.99. The summed E-state index contributed by atoms with van der Waals surface area (Å²) in [6.07, 6.45) is 0.257. The zero-order chi connectivity index (χ0) is 18.5. The highest BCUT2D eigenvalue weighted by molar-refractivity contribution is 5.91. The number of carbonyl (C=O) groups is 1. The quantitative estimate of drug-likeness (QED) is 0.383. The number of esters is 1. The molecule has 0 heterocycles. The van der Waals surface area contributed by atoms with Crippen molar-refractivity contribution in [3.05, 3.63) is 99.6 Å². The molecule has 0 saturated heterocycles. The second kappa shape index (κ2) is 7.61. The predicted octanol–water partition coefficient (Wildman–Crippen LogP) is 4.64. The maximum atomic E-state index is 12.0. The number of rotatable bonds is 5. The van der Waals surface area contributed by atoms with Gasteiger partial charge in [0.05, 0.1) is 17.6 Å². The zero-order valence-corrected chi connectivity index (χ0v) is 14.2. The molecule has 0 spiro atoms. The molecule has 0 N–H and O–H groups in total. The number of hydrogen-bond donors (Lipinski definition) is 0. The number of benzene rings is 3. The summed E-state index contributed by atoms with van der Waals surface area (Å²) in [6, 6.07) is 21.5. The highest BCUT2D eigenvalue weighted by Gasteiger charge is 2.21. The normalized spacial score (nSPS) is 10.3. The van der Waals surface area contributed by atoms with Gasteiger partial charge in [-0.05, 0) is 22.8 Å². The second-order valence-electron chi connectivity index (χ2n) is 5.75. The van der Waals surface area contributed by atoms with Gasteiger partial charge >= 0.3 is 5.97 Å². The van der Waals surface area contributed by atoms with Crippen molar-refractivity contribution in [3.63, 3.8) is 0 Å². The van der Waals surface area contributed by atoms with Crippen molar-refractivity contribution in [1.29, 1.82) is 0 Å². The van der Waals surface area contributed by atoms with Gasteiger partial charge in [0.2, 0.25) is 0 Å². The van der Waals surface area contributed by atoms with Crippen molar-refractivity contribution in [3.8, 4) is 11.1 Å². The van der Waals surface area contributed by atoms with Gasteiger partial charge in [-0.1, -0.05) is 60.7 Å². The Bertz CT molecular complexity index is 951. The lowest BCUT2D eigenvalue weighted by atomic mass is 9.92. The first kappa shape index (κ1) is 17.4. The summed E-state index contributed by atoms with van der Waals surface area (Å²) >= 11 is 0. The van der Waals surface area contributed by atoms with Gasteiger partial charge in [0.25, 0.3) is 5.69 Å². The Hall–Kier alpha value is -3.47. The highest BCUT2D eigenvalue weighted by Crippen LogP contribution is 2.33. The van der Waals surface area contributed by atoms with Crippen LogP contribution in [0.5, 0.6) is 0 Å². The van der Waals surface area contributed by atoms with E-state index in [1.54, 1.807) is 30.3 Å². The standard InChI is InChI=1S/C21H17NO4/c1-26-21(23)18-11-6-5-10-16(18)14-19-17(15-8-3-2-4-9-15)12-7-13-20(19)22(24)25/h2-13H,14H2,1H3. The first-order valence-electron chi connectivity index (χ1n) is 8.09. The van der Waals surface area contributed by atoms with Crippen molar-refractivity contribution in [2.45, 2.75) is 6.42 Å². The SMILES string of the molecule is COC(=O)c1ccccc1Cc1c(-c2ccccc2)cccc1[N+](=O)[O-]. The molecule has 0 atom stereocenters. The van der Waals surface area contributed by atoms with E-state index < -0.39 is 5.97 Å². The van der Waals surface area contributed by atoms with Crippen LogP contribution >= 0.6 is 0 Å². The van der Waals surface area contributed by atoms with Gasteiger partial charge in [-0.3, -0.25) is 10.1 Å². The first-order chi connectivity index (χ1) is 12.6. The molecule has 0 aromatic heterocycles. The summed E-state index contributed by atoms with van der Waals surface area (Å²) in [6.45, 7) is 0. The summed E-state index contributed by atoms with van der Waals surface area (Å²) < 4.78 is 4.83. The molecule has 0 radical (unpaired) electrons. The fourth-order valence-corrected chi connectivity index (χ4v) is 2.99. The van der Waals surface area contributed by atoms with Crippen molar-refractivity contribution in [2.75, 3.05) is 7.11 Å². The van der Waals surface area contributed by atoms with Crippen LogP contribution in [0.15, 0.2) is 72.8 Å². The molecule has 130 valence electrons. The van der Waals surface area contributed by atoms with Crippen molar-refractivity contribution >= 4 is 11.7 Å². The zero-order valence-electron chi connectivity index (χ0n) is 14.2. The average Bonchev–Trinajstić information content (AvgIpc) is 2.68. The monoisotopic (exact) mass is 347 g/mol. The van der Waals surface area contributed by atoms with E-state index in [9.17, 15) is 14.9 Å². The lowest BCUT2D eigenvalue weighted by Crippen LogP contribution is -2.07. The number of ether oxygens (including phenoxy) is 1. The maximum absolute atomic E-state index is 12.0. The number of hydrogen-bond acceptors (Lipinski definition) is 4. The van der Waals surface area contributed by atoms with Crippen LogP contribution in [0.4, 0.5) is 5.69 Å². The third-order valence-electron chi connectivity index (χ3n) is 4.22. The molecule has 0 fully saturated rings. The minimum atomic E-state index is -0.458. The van der Waals surface area contributed by atoms with Crippen LogP contribution < -0.4 is 0 Å². The van der Waals surface area contributed by atoms with Crippen LogP contribution in [0.3, 0.4) is 0 Å². The fraction of sp³-hybridized carbons (Fsp3) is 0.0952. The Kier molecular flexibility index (Phi) is 5.08. The average molecular weight is 347 g/mol. The summed E-state index contributed by atoms with van der Waals surface area (Å²) in [7, 11) is 1.32. The molecular formula is C21H17NO4. The van der Waals surface area contributed by atoms with Crippen LogP contribution in [0.1, 0.15) is 21.5 Å². The van der Waals surface area contributed by atoms with E-state index in [2.05, 4.69) is 0 Å². The van der Waals surface area contributed by atoms with Crippen LogP contribution in [-0.2, 0) is 11.2 Å². The van der Waals surface area contributed by atoms with E-state index >= 15 is 0 Å². The van der Waals surface area contributed by atoms with E-state index in [4.69, 9.17) is 4.74 Å². The third-order valence-corrected chi connectivity index (χ3v) is 4.22. The molecule has 5 heteroatoms. The van der Waals surface area contributed by atoms with E-state index in [0.29, 0.717) is 16.7 Å². The van der Waals surface area contributed by atoms with Crippen LogP contribution in [0.25, 0.3) is 11.1 Å². The Morgan fingerprint density at radius 2 is 1.65 bits per heavy atom. The van der Waals surface area contributed by atoms with Gasteiger partial charge < -0.3 is 4.74 Å². The molecule has 0 amide bonds. The van der Waals surface area contributed by atoms with Gasteiger partial charge in [0.15, 0.2) is 0 Å². The van der Waals surface area contributed by atoms with E-state index in [0.717, 1.165) is 11.1 Å². The molecule has 0 aliphatic heterocycles. The highest BCUT2D eigenvalue weighted by atomic mass is 16.6. The summed E-state index contributed by atoms with van der Waals surface area (Å²) in [5.74, 6) is -0.458. The second-order valence-corrected chi connectivity index (χ2v) is 5.75. The lowest BCUT2D eigenvalue weighted by molar-refractivity contribution is -0.385. The molecule has 3 rings (SSSR count). The molecule has 3 aromatic rings. The van der Waals surface area contributed by atoms with Gasteiger partial charge in [-0.25, -0.2) is 4.79 Å². The Labute approximate surface area is 151 Å². The molecular weight excluding hydrogens is 330 g/mol. The number of nitro benzene ring substituents is 1. The molecule has 3 aromatic carbocycles. The minimum absolute atomic E-state index is 0.0334. The Morgan fingerprint density at radius 1 is 0.962 bits per heavy atom. The molecule has 0 saturated carbocycles. The summed E-state index contributed by atoms with van der Waals surface area (Å²) in [5, 5.41) is 11.6. The number of carbonyl (C=O) groups excluding carboxylic acids is 1. The van der Waals surface area contributed by atoms with Crippen molar-refractivity contribution in [1.82, 2.24) is 0 Å². The maximum Gasteiger partial charge on any atom is 0.338 e. The van der Waals surface area contributed by atoms with Crippen LogP contribution in [0, 0.1) is 10.1 Å². The molecule has 0 aliphatic carbocycles. The van der Waals surface area contributed by atoms with Crippen LogP contribution in [-0.4, -0.2) is 18.0 Å². The molecule has 0 bridgehead atoms. The summed E-state index contributed by atoms with van der Waals surface area (Å²) in [4.78, 5) is 23.2. The third kappa shape index (κ3) is 3.47. The predicted molar refractivity (Wildman–Crippen MR) is 99.1 cm³/mol. The van der Waals surface area contributed by atoms with Gasteiger partial charge in [-0.15, -0.1) is 0 Å². The van der Waals surface area contributed by atoms with E-state index in [1.807, 2.05) is 36.4 Å². The van der Waals surface area contributed by atoms with Gasteiger partial charge in [0, 0.05) is 18.1 Å². The number of methoxy groups -OCH3 is 1.